The Hall–Kier alpha value is -4.64. The lowest BCUT2D eigenvalue weighted by Crippen LogP contribution is -2.45. The highest BCUT2D eigenvalue weighted by Crippen LogP contribution is 2.21. The highest BCUT2D eigenvalue weighted by Gasteiger charge is 2.23. The summed E-state index contributed by atoms with van der Waals surface area (Å²) in [7, 11) is 0. The van der Waals surface area contributed by atoms with Gasteiger partial charge in [0.1, 0.15) is 18.1 Å². The smallest absolute Gasteiger partial charge is 0.251 e. The van der Waals surface area contributed by atoms with Gasteiger partial charge in [0.15, 0.2) is 6.29 Å². The van der Waals surface area contributed by atoms with Crippen LogP contribution in [0.1, 0.15) is 45.8 Å². The lowest BCUT2D eigenvalue weighted by atomic mass is 10.1. The molecule has 0 aliphatic rings. The molecular formula is C29H28ClFN6O4. The molecule has 2 aromatic carbocycles. The molecule has 10 nitrogen and oxygen atoms in total. The summed E-state index contributed by atoms with van der Waals surface area (Å²) in [6.45, 7) is 3.23. The fourth-order valence-electron chi connectivity index (χ4n) is 4.21. The number of pyridine rings is 1. The first-order valence-electron chi connectivity index (χ1n) is 12.8. The first-order chi connectivity index (χ1) is 19.7. The molecule has 4 rings (SSSR count). The standard InChI is InChI=1S/C29H28ClFN6O4/c1-18(2)36(15-26(39)33-14-21-4-3-5-23(30)28(21)31)27(40)16-37-25-7-6-20(12-22(25)24(17-38)35-37)29(41)34-13-19-8-10-32-11-9-19/h3-12,17-18H,13-16H2,1-2H3,(H,33,39)(H,34,41). The molecule has 0 spiro atoms. The number of benzene rings is 2. The fraction of sp³-hybridized carbons (Fsp3) is 0.241. The topological polar surface area (TPSA) is 126 Å². The summed E-state index contributed by atoms with van der Waals surface area (Å²) in [5.74, 6) is -1.84. The van der Waals surface area contributed by atoms with E-state index in [1.807, 2.05) is 0 Å². The Labute approximate surface area is 240 Å². The first-order valence-corrected chi connectivity index (χ1v) is 13.2. The van der Waals surface area contributed by atoms with E-state index in [0.717, 1.165) is 5.56 Å². The van der Waals surface area contributed by atoms with Gasteiger partial charge in [-0.05, 0) is 55.8 Å². The van der Waals surface area contributed by atoms with Gasteiger partial charge in [0.25, 0.3) is 5.91 Å². The van der Waals surface area contributed by atoms with Gasteiger partial charge in [-0.2, -0.15) is 5.10 Å². The molecular weight excluding hydrogens is 551 g/mol. The molecule has 2 N–H and O–H groups in total. The SMILES string of the molecule is CC(C)N(CC(=O)NCc1cccc(Cl)c1F)C(=O)Cn1nc(C=O)c2cc(C(=O)NCc3ccncc3)ccc21. The highest BCUT2D eigenvalue weighted by atomic mass is 35.5. The van der Waals surface area contributed by atoms with Crippen molar-refractivity contribution in [2.24, 2.45) is 0 Å². The van der Waals surface area contributed by atoms with Gasteiger partial charge in [-0.1, -0.05) is 23.7 Å². The first kappa shape index (κ1) is 29.3. The van der Waals surface area contributed by atoms with Crippen LogP contribution in [0.4, 0.5) is 4.39 Å². The van der Waals surface area contributed by atoms with Gasteiger partial charge in [-0.15, -0.1) is 0 Å². The van der Waals surface area contributed by atoms with Gasteiger partial charge in [-0.25, -0.2) is 4.39 Å². The predicted octanol–water partition coefficient (Wildman–Crippen LogP) is 3.52. The molecule has 212 valence electrons. The van der Waals surface area contributed by atoms with E-state index >= 15 is 0 Å². The van der Waals surface area contributed by atoms with Crippen LogP contribution in [0.3, 0.4) is 0 Å². The summed E-state index contributed by atoms with van der Waals surface area (Å²) in [5.41, 5.74) is 2.00. The molecule has 0 aliphatic heterocycles. The van der Waals surface area contributed by atoms with Crippen molar-refractivity contribution in [1.82, 2.24) is 30.3 Å². The predicted molar refractivity (Wildman–Crippen MR) is 151 cm³/mol. The summed E-state index contributed by atoms with van der Waals surface area (Å²) in [5, 5.41) is 10.1. The van der Waals surface area contributed by atoms with E-state index in [4.69, 9.17) is 11.6 Å². The summed E-state index contributed by atoms with van der Waals surface area (Å²) in [4.78, 5) is 55.7. The highest BCUT2D eigenvalue weighted by molar-refractivity contribution is 6.30. The minimum Gasteiger partial charge on any atom is -0.350 e. The third-order valence-corrected chi connectivity index (χ3v) is 6.70. The average molecular weight is 579 g/mol. The Kier molecular flexibility index (Phi) is 9.41. The third-order valence-electron chi connectivity index (χ3n) is 6.41. The van der Waals surface area contributed by atoms with E-state index in [-0.39, 0.29) is 47.9 Å². The number of amides is 3. The number of hydrogen-bond acceptors (Lipinski definition) is 6. The van der Waals surface area contributed by atoms with E-state index in [2.05, 4.69) is 20.7 Å². The van der Waals surface area contributed by atoms with Crippen LogP contribution in [0.2, 0.25) is 5.02 Å². The molecule has 0 aliphatic carbocycles. The zero-order valence-corrected chi connectivity index (χ0v) is 23.2. The number of halogens is 2. The lowest BCUT2D eigenvalue weighted by Gasteiger charge is -2.26. The van der Waals surface area contributed by atoms with E-state index in [1.54, 1.807) is 62.6 Å². The number of nitrogens with one attached hydrogen (secondary N) is 2. The van der Waals surface area contributed by atoms with Crippen LogP contribution < -0.4 is 10.6 Å². The minimum atomic E-state index is -0.614. The third kappa shape index (κ3) is 7.12. The molecule has 0 fully saturated rings. The molecule has 0 saturated heterocycles. The Morgan fingerprint density at radius 2 is 1.83 bits per heavy atom. The number of rotatable bonds is 11. The van der Waals surface area contributed by atoms with Crippen LogP contribution in [0, 0.1) is 5.82 Å². The van der Waals surface area contributed by atoms with Crippen molar-refractivity contribution in [3.63, 3.8) is 0 Å². The maximum atomic E-state index is 14.1. The van der Waals surface area contributed by atoms with E-state index < -0.39 is 17.6 Å². The Bertz CT molecular complexity index is 1590. The lowest BCUT2D eigenvalue weighted by molar-refractivity contribution is -0.138. The molecule has 0 unspecified atom stereocenters. The summed E-state index contributed by atoms with van der Waals surface area (Å²) < 4.78 is 15.5. The van der Waals surface area contributed by atoms with E-state index in [1.165, 1.54) is 21.7 Å². The molecule has 3 amide bonds. The van der Waals surface area contributed by atoms with Crippen LogP contribution in [0.15, 0.2) is 60.9 Å². The maximum absolute atomic E-state index is 14.1. The second-order valence-electron chi connectivity index (χ2n) is 9.54. The fourth-order valence-corrected chi connectivity index (χ4v) is 4.40. The Morgan fingerprint density at radius 3 is 2.54 bits per heavy atom. The molecule has 0 bridgehead atoms. The van der Waals surface area contributed by atoms with E-state index in [0.29, 0.717) is 29.3 Å². The number of carbonyl (C=O) groups excluding carboxylic acids is 4. The number of aldehydes is 1. The molecule has 4 aromatic rings. The van der Waals surface area contributed by atoms with Gasteiger partial charge in [0.05, 0.1) is 17.1 Å². The number of aromatic nitrogens is 3. The Balaban J connectivity index is 1.45. The zero-order valence-electron chi connectivity index (χ0n) is 22.4. The van der Waals surface area contributed by atoms with Crippen LogP contribution in [-0.4, -0.2) is 56.3 Å². The average Bonchev–Trinajstić information content (AvgIpc) is 3.32. The Morgan fingerprint density at radius 1 is 1.07 bits per heavy atom. The van der Waals surface area contributed by atoms with Crippen molar-refractivity contribution < 1.29 is 23.6 Å². The molecule has 0 radical (unpaired) electrons. The molecule has 0 saturated carbocycles. The van der Waals surface area contributed by atoms with Crippen molar-refractivity contribution in [3.05, 3.63) is 94.1 Å². The van der Waals surface area contributed by atoms with Crippen molar-refractivity contribution >= 4 is 46.5 Å². The van der Waals surface area contributed by atoms with Gasteiger partial charge in [0, 0.05) is 48.0 Å². The summed E-state index contributed by atoms with van der Waals surface area (Å²) in [6, 6.07) is 12.5. The zero-order chi connectivity index (χ0) is 29.5. The van der Waals surface area contributed by atoms with Crippen molar-refractivity contribution in [1.29, 1.82) is 0 Å². The van der Waals surface area contributed by atoms with Gasteiger partial charge >= 0.3 is 0 Å². The second kappa shape index (κ2) is 13.1. The largest absolute Gasteiger partial charge is 0.350 e. The number of carbonyl (C=O) groups is 4. The maximum Gasteiger partial charge on any atom is 0.251 e. The molecule has 2 heterocycles. The van der Waals surface area contributed by atoms with Crippen LogP contribution in [0.25, 0.3) is 10.9 Å². The molecule has 0 atom stereocenters. The molecule has 41 heavy (non-hydrogen) atoms. The van der Waals surface area contributed by atoms with Gasteiger partial charge < -0.3 is 15.5 Å². The van der Waals surface area contributed by atoms with Gasteiger partial charge in [0.2, 0.25) is 11.8 Å². The minimum absolute atomic E-state index is 0.0467. The quantitative estimate of drug-likeness (QED) is 0.262. The van der Waals surface area contributed by atoms with E-state index in [9.17, 15) is 23.6 Å². The molecule has 12 heteroatoms. The monoisotopic (exact) mass is 578 g/mol. The van der Waals surface area contributed by atoms with Gasteiger partial charge in [-0.3, -0.25) is 28.8 Å². The second-order valence-corrected chi connectivity index (χ2v) is 9.94. The molecule has 2 aromatic heterocycles. The number of fused-ring (bicyclic) bond motifs is 1. The van der Waals surface area contributed by atoms with Crippen molar-refractivity contribution in [2.45, 2.75) is 39.5 Å². The normalized spacial score (nSPS) is 11.0. The van der Waals surface area contributed by atoms with Crippen LogP contribution in [0.5, 0.6) is 0 Å². The number of nitrogens with zero attached hydrogens (tertiary/aromatic N) is 4. The number of hydrogen-bond donors (Lipinski definition) is 2. The van der Waals surface area contributed by atoms with Crippen LogP contribution in [-0.2, 0) is 29.2 Å². The summed E-state index contributed by atoms with van der Waals surface area (Å²) in [6.07, 6.45) is 3.83. The van der Waals surface area contributed by atoms with Crippen molar-refractivity contribution in [3.8, 4) is 0 Å². The van der Waals surface area contributed by atoms with Crippen molar-refractivity contribution in [2.75, 3.05) is 6.54 Å². The summed E-state index contributed by atoms with van der Waals surface area (Å²) >= 11 is 5.80. The van der Waals surface area contributed by atoms with Crippen LogP contribution >= 0.6 is 11.6 Å².